The van der Waals surface area contributed by atoms with Crippen molar-refractivity contribution in [2.24, 2.45) is 5.73 Å². The average molecular weight is 228 g/mol. The molecule has 1 aliphatic heterocycles. The number of thioether (sulfide) groups is 1. The molecule has 1 saturated heterocycles. The Balaban J connectivity index is 2.00. The van der Waals surface area contributed by atoms with Gasteiger partial charge in [0.05, 0.1) is 6.04 Å². The fourth-order valence-corrected chi connectivity index (χ4v) is 3.99. The second-order valence-electron chi connectivity index (χ2n) is 4.42. The van der Waals surface area contributed by atoms with Gasteiger partial charge in [-0.1, -0.05) is 13.3 Å². The molecular weight excluding hydrogens is 208 g/mol. The minimum absolute atomic E-state index is 0.184. The number of hydrogen-bond acceptors (Lipinski definition) is 3. The predicted molar refractivity (Wildman–Crippen MR) is 63.9 cm³/mol. The summed E-state index contributed by atoms with van der Waals surface area (Å²) in [5.74, 6) is 1.33. The van der Waals surface area contributed by atoms with E-state index < -0.39 is 0 Å². The molecule has 2 rings (SSSR count). The van der Waals surface area contributed by atoms with Gasteiger partial charge in [-0.05, 0) is 25.0 Å². The summed E-state index contributed by atoms with van der Waals surface area (Å²) < 4.78 is 0. The molecule has 0 aromatic rings. The molecule has 2 aliphatic rings. The van der Waals surface area contributed by atoms with Crippen LogP contribution in [0.15, 0.2) is 0 Å². The maximum absolute atomic E-state index is 11.8. The number of rotatable bonds is 3. The van der Waals surface area contributed by atoms with E-state index in [9.17, 15) is 4.79 Å². The van der Waals surface area contributed by atoms with Crippen molar-refractivity contribution in [3.05, 3.63) is 0 Å². The fraction of sp³-hybridized carbons (Fsp3) is 0.909. The molecule has 0 spiro atoms. The average Bonchev–Trinajstić information content (AvgIpc) is 2.77. The zero-order valence-electron chi connectivity index (χ0n) is 9.32. The zero-order chi connectivity index (χ0) is 10.8. The van der Waals surface area contributed by atoms with Crippen LogP contribution in [0.3, 0.4) is 0 Å². The van der Waals surface area contributed by atoms with Crippen LogP contribution >= 0.6 is 11.8 Å². The summed E-state index contributed by atoms with van der Waals surface area (Å²) in [4.78, 5) is 13.9. The van der Waals surface area contributed by atoms with Crippen molar-refractivity contribution in [2.45, 2.75) is 49.9 Å². The Kier molecular flexibility index (Phi) is 3.57. The molecule has 4 heteroatoms. The molecule has 1 amide bonds. The van der Waals surface area contributed by atoms with Gasteiger partial charge in [0.1, 0.15) is 0 Å². The molecule has 3 atom stereocenters. The third kappa shape index (κ3) is 2.16. The lowest BCUT2D eigenvalue weighted by atomic mass is 10.2. The first-order valence-electron chi connectivity index (χ1n) is 5.91. The highest BCUT2D eigenvalue weighted by Crippen LogP contribution is 2.35. The van der Waals surface area contributed by atoms with E-state index >= 15 is 0 Å². The monoisotopic (exact) mass is 228 g/mol. The van der Waals surface area contributed by atoms with Gasteiger partial charge in [0.2, 0.25) is 5.91 Å². The Morgan fingerprint density at radius 3 is 2.87 bits per heavy atom. The number of nitrogens with two attached hydrogens (primary N) is 1. The van der Waals surface area contributed by atoms with E-state index in [4.69, 9.17) is 5.73 Å². The molecule has 0 radical (unpaired) electrons. The van der Waals surface area contributed by atoms with Crippen molar-refractivity contribution < 1.29 is 4.79 Å². The highest BCUT2D eigenvalue weighted by Gasteiger charge is 2.39. The minimum atomic E-state index is -0.224. The Morgan fingerprint density at radius 2 is 2.27 bits per heavy atom. The first-order chi connectivity index (χ1) is 7.24. The van der Waals surface area contributed by atoms with E-state index in [1.807, 2.05) is 16.7 Å². The van der Waals surface area contributed by atoms with Gasteiger partial charge < -0.3 is 10.6 Å². The maximum atomic E-state index is 11.8. The van der Waals surface area contributed by atoms with Gasteiger partial charge in [-0.3, -0.25) is 4.79 Å². The third-order valence-corrected chi connectivity index (χ3v) is 4.79. The van der Waals surface area contributed by atoms with Crippen LogP contribution in [0.1, 0.15) is 32.6 Å². The zero-order valence-corrected chi connectivity index (χ0v) is 10.1. The number of likely N-dealkylation sites (tertiary alicyclic amines) is 1. The van der Waals surface area contributed by atoms with Crippen molar-refractivity contribution in [3.63, 3.8) is 0 Å². The summed E-state index contributed by atoms with van der Waals surface area (Å²) in [6.45, 7) is 3.07. The first-order valence-corrected chi connectivity index (χ1v) is 6.96. The van der Waals surface area contributed by atoms with E-state index in [1.54, 1.807) is 0 Å². The lowest BCUT2D eigenvalue weighted by molar-refractivity contribution is -0.130. The quantitative estimate of drug-likeness (QED) is 0.790. The van der Waals surface area contributed by atoms with Crippen LogP contribution in [0.25, 0.3) is 0 Å². The summed E-state index contributed by atoms with van der Waals surface area (Å²) in [5, 5.41) is 0.657. The molecule has 2 N–H and O–H groups in total. The number of hydrogen-bond donors (Lipinski definition) is 1. The molecule has 3 unspecified atom stereocenters. The molecule has 0 aromatic carbocycles. The van der Waals surface area contributed by atoms with Crippen molar-refractivity contribution in [1.29, 1.82) is 0 Å². The van der Waals surface area contributed by atoms with Crippen LogP contribution in [0, 0.1) is 0 Å². The summed E-state index contributed by atoms with van der Waals surface area (Å²) in [5.41, 5.74) is 5.76. The Labute approximate surface area is 95.8 Å². The molecular formula is C11H20N2OS. The van der Waals surface area contributed by atoms with Gasteiger partial charge in [-0.2, -0.15) is 11.8 Å². The van der Waals surface area contributed by atoms with E-state index in [1.165, 1.54) is 19.3 Å². The molecule has 0 bridgehead atoms. The topological polar surface area (TPSA) is 46.3 Å². The van der Waals surface area contributed by atoms with Gasteiger partial charge in [-0.25, -0.2) is 0 Å². The highest BCUT2D eigenvalue weighted by molar-refractivity contribution is 7.99. The van der Waals surface area contributed by atoms with Gasteiger partial charge in [-0.15, -0.1) is 0 Å². The Bertz CT molecular complexity index is 247. The molecule has 1 heterocycles. The molecule has 2 fully saturated rings. The van der Waals surface area contributed by atoms with Crippen molar-refractivity contribution in [1.82, 2.24) is 4.90 Å². The van der Waals surface area contributed by atoms with Gasteiger partial charge in [0.25, 0.3) is 0 Å². The van der Waals surface area contributed by atoms with E-state index in [2.05, 4.69) is 6.92 Å². The highest BCUT2D eigenvalue weighted by atomic mass is 32.2. The van der Waals surface area contributed by atoms with Crippen LogP contribution in [0.4, 0.5) is 0 Å². The minimum Gasteiger partial charge on any atom is -0.337 e. The summed E-state index contributed by atoms with van der Waals surface area (Å²) >= 11 is 2.00. The van der Waals surface area contributed by atoms with Crippen molar-refractivity contribution in [3.8, 4) is 0 Å². The summed E-state index contributed by atoms with van der Waals surface area (Å²) in [6, 6.07) is 0.244. The Morgan fingerprint density at radius 1 is 1.47 bits per heavy atom. The van der Waals surface area contributed by atoms with Crippen LogP contribution < -0.4 is 5.73 Å². The first kappa shape index (κ1) is 11.3. The van der Waals surface area contributed by atoms with E-state index in [0.29, 0.717) is 11.3 Å². The second kappa shape index (κ2) is 4.74. The second-order valence-corrected chi connectivity index (χ2v) is 5.94. The van der Waals surface area contributed by atoms with Crippen LogP contribution in [0.2, 0.25) is 0 Å². The third-order valence-electron chi connectivity index (χ3n) is 3.48. The molecule has 3 nitrogen and oxygen atoms in total. The molecule has 1 saturated carbocycles. The van der Waals surface area contributed by atoms with Gasteiger partial charge in [0.15, 0.2) is 0 Å². The normalized spacial score (nSPS) is 36.5. The van der Waals surface area contributed by atoms with E-state index in [-0.39, 0.29) is 11.9 Å². The fourth-order valence-electron chi connectivity index (χ4n) is 2.73. The lowest BCUT2D eigenvalue weighted by Crippen LogP contribution is -2.43. The number of amides is 1. The SMILES string of the molecule is CCSC1CCCC1N1CCC(N)C1=O. The largest absolute Gasteiger partial charge is 0.337 e. The molecule has 0 aromatic heterocycles. The predicted octanol–water partition coefficient (Wildman–Crippen LogP) is 1.22. The van der Waals surface area contributed by atoms with Crippen LogP contribution in [0.5, 0.6) is 0 Å². The van der Waals surface area contributed by atoms with Crippen LogP contribution in [-0.4, -0.2) is 40.4 Å². The standard InChI is InChI=1S/C11H20N2OS/c1-2-15-10-5-3-4-9(10)13-7-6-8(12)11(13)14/h8-10H,2-7,12H2,1H3. The molecule has 1 aliphatic carbocycles. The van der Waals surface area contributed by atoms with Crippen LogP contribution in [-0.2, 0) is 4.79 Å². The number of nitrogens with zero attached hydrogens (tertiary/aromatic N) is 1. The number of carbonyl (C=O) groups is 1. The molecule has 86 valence electrons. The van der Waals surface area contributed by atoms with Crippen molar-refractivity contribution in [2.75, 3.05) is 12.3 Å². The summed E-state index contributed by atoms with van der Waals surface area (Å²) in [7, 11) is 0. The molecule has 15 heavy (non-hydrogen) atoms. The van der Waals surface area contributed by atoms with Crippen molar-refractivity contribution >= 4 is 17.7 Å². The van der Waals surface area contributed by atoms with E-state index in [0.717, 1.165) is 18.7 Å². The van der Waals surface area contributed by atoms with Gasteiger partial charge >= 0.3 is 0 Å². The van der Waals surface area contributed by atoms with Gasteiger partial charge in [0, 0.05) is 17.8 Å². The maximum Gasteiger partial charge on any atom is 0.239 e. The lowest BCUT2D eigenvalue weighted by Gasteiger charge is -2.29. The summed E-state index contributed by atoms with van der Waals surface area (Å²) in [6.07, 6.45) is 4.55. The Hall–Kier alpha value is -0.220. The number of carbonyl (C=O) groups excluding carboxylic acids is 1. The smallest absolute Gasteiger partial charge is 0.239 e.